The van der Waals surface area contributed by atoms with Crippen LogP contribution in [0.3, 0.4) is 0 Å². The van der Waals surface area contributed by atoms with Crippen LogP contribution >= 0.6 is 0 Å². The largest absolute Gasteiger partial charge is 0.492 e. The molecule has 0 atom stereocenters. The number of rotatable bonds is 8. The Labute approximate surface area is 103 Å². The molecule has 1 saturated carbocycles. The number of methoxy groups -OCH3 is 1. The van der Waals surface area contributed by atoms with Crippen molar-refractivity contribution in [3.8, 4) is 5.75 Å². The van der Waals surface area contributed by atoms with Gasteiger partial charge in [-0.1, -0.05) is 12.1 Å². The van der Waals surface area contributed by atoms with E-state index in [4.69, 9.17) is 9.47 Å². The summed E-state index contributed by atoms with van der Waals surface area (Å²) in [6.45, 7) is 3.43. The lowest BCUT2D eigenvalue weighted by Crippen LogP contribution is -2.23. The van der Waals surface area contributed by atoms with Gasteiger partial charge in [0, 0.05) is 13.7 Å². The van der Waals surface area contributed by atoms with E-state index in [1.54, 1.807) is 7.11 Å². The number of nitrogens with one attached hydrogen (secondary N) is 1. The molecule has 1 aromatic rings. The lowest BCUT2D eigenvalue weighted by Gasteiger charge is -2.08. The molecule has 0 aromatic heterocycles. The monoisotopic (exact) mass is 235 g/mol. The van der Waals surface area contributed by atoms with Crippen LogP contribution in [0.1, 0.15) is 18.4 Å². The van der Waals surface area contributed by atoms with E-state index in [1.165, 1.54) is 12.8 Å². The van der Waals surface area contributed by atoms with Crippen molar-refractivity contribution in [2.24, 2.45) is 5.92 Å². The Kier molecular flexibility index (Phi) is 4.83. The van der Waals surface area contributed by atoms with Gasteiger partial charge in [-0.25, -0.2) is 0 Å². The molecule has 2 rings (SSSR count). The fourth-order valence-corrected chi connectivity index (χ4v) is 1.76. The second-order valence-electron chi connectivity index (χ2n) is 4.58. The van der Waals surface area contributed by atoms with Crippen LogP contribution < -0.4 is 10.1 Å². The second kappa shape index (κ2) is 6.62. The number of benzene rings is 1. The molecule has 0 saturated heterocycles. The smallest absolute Gasteiger partial charge is 0.119 e. The average molecular weight is 235 g/mol. The average Bonchev–Trinajstić information content (AvgIpc) is 3.14. The van der Waals surface area contributed by atoms with Crippen LogP contribution in [0.4, 0.5) is 0 Å². The Morgan fingerprint density at radius 3 is 3.00 bits per heavy atom. The maximum absolute atomic E-state index is 5.68. The molecule has 0 bridgehead atoms. The first-order chi connectivity index (χ1) is 8.38. The molecule has 0 aliphatic heterocycles. The molecular formula is C14H21NO2. The van der Waals surface area contributed by atoms with Gasteiger partial charge in [0.2, 0.25) is 0 Å². The van der Waals surface area contributed by atoms with Gasteiger partial charge in [-0.05, 0) is 43.0 Å². The molecule has 0 unspecified atom stereocenters. The summed E-state index contributed by atoms with van der Waals surface area (Å²) in [5.41, 5.74) is 1.15. The molecule has 1 aliphatic carbocycles. The van der Waals surface area contributed by atoms with Gasteiger partial charge in [0.15, 0.2) is 0 Å². The summed E-state index contributed by atoms with van der Waals surface area (Å²) in [5, 5.41) is 3.41. The molecule has 1 fully saturated rings. The highest BCUT2D eigenvalue weighted by molar-refractivity contribution is 5.28. The van der Waals surface area contributed by atoms with Gasteiger partial charge in [-0.3, -0.25) is 0 Å². The van der Waals surface area contributed by atoms with Gasteiger partial charge < -0.3 is 14.8 Å². The Bertz CT molecular complexity index is 337. The van der Waals surface area contributed by atoms with Crippen LogP contribution in [-0.4, -0.2) is 26.8 Å². The summed E-state index contributed by atoms with van der Waals surface area (Å²) >= 11 is 0. The van der Waals surface area contributed by atoms with Crippen LogP contribution in [0.15, 0.2) is 24.3 Å². The van der Waals surface area contributed by atoms with Crippen LogP contribution in [0.2, 0.25) is 0 Å². The lowest BCUT2D eigenvalue weighted by atomic mass is 10.2. The minimum Gasteiger partial charge on any atom is -0.492 e. The molecule has 0 spiro atoms. The van der Waals surface area contributed by atoms with Crippen molar-refractivity contribution in [2.45, 2.75) is 19.4 Å². The molecule has 17 heavy (non-hydrogen) atoms. The first-order valence-corrected chi connectivity index (χ1v) is 6.30. The molecule has 1 N–H and O–H groups in total. The molecule has 3 heteroatoms. The zero-order chi connectivity index (χ0) is 11.9. The second-order valence-corrected chi connectivity index (χ2v) is 4.58. The third kappa shape index (κ3) is 4.75. The minimum atomic E-state index is 0.636. The maximum atomic E-state index is 5.68. The highest BCUT2D eigenvalue weighted by Crippen LogP contribution is 2.27. The van der Waals surface area contributed by atoms with E-state index >= 15 is 0 Å². The van der Waals surface area contributed by atoms with Gasteiger partial charge in [0.25, 0.3) is 0 Å². The van der Waals surface area contributed by atoms with E-state index < -0.39 is 0 Å². The van der Waals surface area contributed by atoms with E-state index in [0.29, 0.717) is 6.61 Å². The summed E-state index contributed by atoms with van der Waals surface area (Å²) in [5.74, 6) is 1.85. The molecule has 0 amide bonds. The summed E-state index contributed by atoms with van der Waals surface area (Å²) < 4.78 is 10.8. The molecule has 3 nitrogen and oxygen atoms in total. The lowest BCUT2D eigenvalue weighted by molar-refractivity contribution is 0.184. The zero-order valence-corrected chi connectivity index (χ0v) is 10.4. The summed E-state index contributed by atoms with van der Waals surface area (Å²) in [4.78, 5) is 0. The van der Waals surface area contributed by atoms with E-state index in [2.05, 4.69) is 5.32 Å². The van der Waals surface area contributed by atoms with E-state index in [0.717, 1.165) is 36.9 Å². The minimum absolute atomic E-state index is 0.636. The summed E-state index contributed by atoms with van der Waals surface area (Å²) in [6, 6.07) is 8.06. The van der Waals surface area contributed by atoms with Crippen molar-refractivity contribution >= 4 is 0 Å². The third-order valence-electron chi connectivity index (χ3n) is 2.89. The van der Waals surface area contributed by atoms with Crippen LogP contribution in [0, 0.1) is 5.92 Å². The molecule has 94 valence electrons. The number of ether oxygens (including phenoxy) is 2. The van der Waals surface area contributed by atoms with Gasteiger partial charge in [-0.2, -0.15) is 0 Å². The Hall–Kier alpha value is -1.06. The Balaban J connectivity index is 1.64. The number of hydrogen-bond donors (Lipinski definition) is 1. The van der Waals surface area contributed by atoms with Crippen molar-refractivity contribution in [3.05, 3.63) is 29.8 Å². The van der Waals surface area contributed by atoms with Crippen molar-refractivity contribution in [1.29, 1.82) is 0 Å². The van der Waals surface area contributed by atoms with Crippen molar-refractivity contribution in [3.63, 3.8) is 0 Å². The summed E-state index contributed by atoms with van der Waals surface area (Å²) in [6.07, 6.45) is 2.79. The van der Waals surface area contributed by atoms with E-state index in [-0.39, 0.29) is 0 Å². The normalized spacial score (nSPS) is 14.9. The molecule has 1 aliphatic rings. The molecule has 0 radical (unpaired) electrons. The third-order valence-corrected chi connectivity index (χ3v) is 2.89. The first kappa shape index (κ1) is 12.4. The van der Waals surface area contributed by atoms with Crippen LogP contribution in [0.25, 0.3) is 0 Å². The van der Waals surface area contributed by atoms with Crippen LogP contribution in [0.5, 0.6) is 5.75 Å². The molecule has 0 heterocycles. The standard InChI is InChI=1S/C14H21NO2/c1-16-11-13-3-2-4-14(9-13)17-8-7-15-10-12-5-6-12/h2-4,9,12,15H,5-8,10-11H2,1H3. The fourth-order valence-electron chi connectivity index (χ4n) is 1.76. The van der Waals surface area contributed by atoms with E-state index in [1.807, 2.05) is 24.3 Å². The van der Waals surface area contributed by atoms with Gasteiger partial charge in [0.05, 0.1) is 6.61 Å². The fraction of sp³-hybridized carbons (Fsp3) is 0.571. The summed E-state index contributed by atoms with van der Waals surface area (Å²) in [7, 11) is 1.70. The molecule has 1 aromatic carbocycles. The van der Waals surface area contributed by atoms with Gasteiger partial charge >= 0.3 is 0 Å². The highest BCUT2D eigenvalue weighted by Gasteiger charge is 2.19. The Morgan fingerprint density at radius 2 is 2.24 bits per heavy atom. The van der Waals surface area contributed by atoms with E-state index in [9.17, 15) is 0 Å². The SMILES string of the molecule is COCc1cccc(OCCNCC2CC2)c1. The highest BCUT2D eigenvalue weighted by atomic mass is 16.5. The quantitative estimate of drug-likeness (QED) is 0.701. The predicted molar refractivity (Wildman–Crippen MR) is 68.2 cm³/mol. The molecular weight excluding hydrogens is 214 g/mol. The Morgan fingerprint density at radius 1 is 1.35 bits per heavy atom. The topological polar surface area (TPSA) is 30.5 Å². The number of hydrogen-bond acceptors (Lipinski definition) is 3. The zero-order valence-electron chi connectivity index (χ0n) is 10.4. The van der Waals surface area contributed by atoms with Crippen molar-refractivity contribution < 1.29 is 9.47 Å². The first-order valence-electron chi connectivity index (χ1n) is 6.30. The van der Waals surface area contributed by atoms with Gasteiger partial charge in [0.1, 0.15) is 12.4 Å². The van der Waals surface area contributed by atoms with Crippen molar-refractivity contribution in [1.82, 2.24) is 5.32 Å². The van der Waals surface area contributed by atoms with Gasteiger partial charge in [-0.15, -0.1) is 0 Å². The van der Waals surface area contributed by atoms with Crippen LogP contribution in [-0.2, 0) is 11.3 Å². The maximum Gasteiger partial charge on any atom is 0.119 e. The predicted octanol–water partition coefficient (Wildman–Crippen LogP) is 2.21. The van der Waals surface area contributed by atoms with Crippen molar-refractivity contribution in [2.75, 3.05) is 26.8 Å².